The van der Waals surface area contributed by atoms with Gasteiger partial charge in [-0.2, -0.15) is 0 Å². The molecule has 1 aliphatic carbocycles. The van der Waals surface area contributed by atoms with E-state index in [0.29, 0.717) is 17.3 Å². The highest BCUT2D eigenvalue weighted by Gasteiger charge is 2.40. The van der Waals surface area contributed by atoms with Crippen molar-refractivity contribution in [2.45, 2.75) is 71.3 Å². The second-order valence-corrected chi connectivity index (χ2v) is 11.2. The van der Waals surface area contributed by atoms with Crippen molar-refractivity contribution in [3.63, 3.8) is 0 Å². The quantitative estimate of drug-likeness (QED) is 0.719. The number of hydrogen-bond donors (Lipinski definition) is 0. The highest BCUT2D eigenvalue weighted by Crippen LogP contribution is 2.43. The summed E-state index contributed by atoms with van der Waals surface area (Å²) >= 11 is 0. The highest BCUT2D eigenvalue weighted by molar-refractivity contribution is 5.94. The number of rotatable bonds is 3. The summed E-state index contributed by atoms with van der Waals surface area (Å²) in [6, 6.07) is 4.97. The van der Waals surface area contributed by atoms with Gasteiger partial charge in [0.1, 0.15) is 5.82 Å². The van der Waals surface area contributed by atoms with Crippen LogP contribution in [0.3, 0.4) is 0 Å². The van der Waals surface area contributed by atoms with Crippen LogP contribution in [0.15, 0.2) is 18.3 Å². The molecule has 1 spiro atoms. The van der Waals surface area contributed by atoms with Crippen LogP contribution in [0.25, 0.3) is 0 Å². The Kier molecular flexibility index (Phi) is 5.98. The summed E-state index contributed by atoms with van der Waals surface area (Å²) in [5.41, 5.74) is 1.30. The summed E-state index contributed by atoms with van der Waals surface area (Å²) in [5, 5.41) is 0. The number of likely N-dealkylation sites (tertiary alicyclic amines) is 2. The SMILES string of the molecule is CC1CC(C)CN(C(=O)c2ccc(N3CCC4(CC3)CCN(C3CCC3)CC4)nc2)C1. The molecule has 4 heterocycles. The Morgan fingerprint density at radius 2 is 1.61 bits per heavy atom. The van der Waals surface area contributed by atoms with Crippen LogP contribution in [0.2, 0.25) is 0 Å². The number of nitrogens with zero attached hydrogens (tertiary/aromatic N) is 4. The molecule has 0 aromatic carbocycles. The smallest absolute Gasteiger partial charge is 0.255 e. The average molecular weight is 425 g/mol. The minimum Gasteiger partial charge on any atom is -0.357 e. The molecule has 170 valence electrons. The minimum absolute atomic E-state index is 0.147. The van der Waals surface area contributed by atoms with E-state index in [1.165, 1.54) is 64.5 Å². The van der Waals surface area contributed by atoms with E-state index in [0.717, 1.165) is 43.6 Å². The summed E-state index contributed by atoms with van der Waals surface area (Å²) in [4.78, 5) is 24.9. The van der Waals surface area contributed by atoms with Gasteiger partial charge in [-0.05, 0) is 87.4 Å². The van der Waals surface area contributed by atoms with Gasteiger partial charge < -0.3 is 14.7 Å². The molecule has 0 radical (unpaired) electrons. The third-order valence-electron chi connectivity index (χ3n) is 8.75. The second kappa shape index (κ2) is 8.73. The van der Waals surface area contributed by atoms with Crippen LogP contribution in [-0.4, -0.2) is 66.0 Å². The maximum atomic E-state index is 12.9. The van der Waals surface area contributed by atoms with Gasteiger partial charge >= 0.3 is 0 Å². The van der Waals surface area contributed by atoms with Crippen LogP contribution < -0.4 is 4.90 Å². The van der Waals surface area contributed by atoms with Gasteiger partial charge in [-0.25, -0.2) is 4.98 Å². The molecular formula is C26H40N4O. The number of carbonyl (C=O) groups excluding carboxylic acids is 1. The fraction of sp³-hybridized carbons (Fsp3) is 0.769. The lowest BCUT2D eigenvalue weighted by Gasteiger charge is -2.50. The predicted molar refractivity (Wildman–Crippen MR) is 125 cm³/mol. The first-order chi connectivity index (χ1) is 15.0. The third-order valence-corrected chi connectivity index (χ3v) is 8.75. The number of amides is 1. The van der Waals surface area contributed by atoms with Gasteiger partial charge in [-0.15, -0.1) is 0 Å². The lowest BCUT2D eigenvalue weighted by atomic mass is 9.70. The maximum Gasteiger partial charge on any atom is 0.255 e. The van der Waals surface area contributed by atoms with Crippen LogP contribution in [-0.2, 0) is 0 Å². The molecule has 4 fully saturated rings. The van der Waals surface area contributed by atoms with E-state index in [1.807, 2.05) is 17.2 Å². The van der Waals surface area contributed by atoms with Crippen molar-refractivity contribution >= 4 is 11.7 Å². The maximum absolute atomic E-state index is 12.9. The van der Waals surface area contributed by atoms with Gasteiger partial charge in [0.25, 0.3) is 5.91 Å². The van der Waals surface area contributed by atoms with E-state index in [4.69, 9.17) is 4.98 Å². The normalized spacial score (nSPS) is 29.7. The zero-order valence-corrected chi connectivity index (χ0v) is 19.6. The van der Waals surface area contributed by atoms with E-state index >= 15 is 0 Å². The fourth-order valence-corrected chi connectivity index (χ4v) is 6.54. The Bertz CT molecular complexity index is 746. The van der Waals surface area contributed by atoms with Crippen molar-refractivity contribution in [2.24, 2.45) is 17.3 Å². The molecule has 31 heavy (non-hydrogen) atoms. The summed E-state index contributed by atoms with van der Waals surface area (Å²) < 4.78 is 0. The van der Waals surface area contributed by atoms with E-state index in [-0.39, 0.29) is 5.91 Å². The first kappa shape index (κ1) is 21.2. The van der Waals surface area contributed by atoms with Gasteiger partial charge in [-0.1, -0.05) is 20.3 Å². The summed E-state index contributed by atoms with van der Waals surface area (Å²) in [7, 11) is 0. The molecule has 0 N–H and O–H groups in total. The number of anilines is 1. The van der Waals surface area contributed by atoms with E-state index in [1.54, 1.807) is 0 Å². The molecule has 4 aliphatic rings. The zero-order chi connectivity index (χ0) is 21.4. The molecule has 2 atom stereocenters. The molecule has 3 saturated heterocycles. The molecule has 0 bridgehead atoms. The standard InChI is InChI=1S/C26H40N4O/c1-20-16-21(2)19-30(18-20)25(31)22-6-7-24(27-17-22)29-14-10-26(11-15-29)8-12-28(13-9-26)23-4-3-5-23/h6-7,17,20-21,23H,3-5,8-16,18-19H2,1-2H3. The number of hydrogen-bond acceptors (Lipinski definition) is 4. The summed E-state index contributed by atoms with van der Waals surface area (Å²) in [5.74, 6) is 2.36. The van der Waals surface area contributed by atoms with Gasteiger partial charge in [0.05, 0.1) is 5.56 Å². The first-order valence-electron chi connectivity index (χ1n) is 12.8. The van der Waals surface area contributed by atoms with E-state index in [2.05, 4.69) is 29.7 Å². The molecule has 1 aromatic heterocycles. The van der Waals surface area contributed by atoms with E-state index in [9.17, 15) is 4.79 Å². The van der Waals surface area contributed by atoms with Gasteiger partial charge in [0.15, 0.2) is 0 Å². The Morgan fingerprint density at radius 3 is 2.16 bits per heavy atom. The lowest BCUT2D eigenvalue weighted by molar-refractivity contribution is 0.0305. The van der Waals surface area contributed by atoms with Crippen molar-refractivity contribution in [1.82, 2.24) is 14.8 Å². The van der Waals surface area contributed by atoms with Crippen molar-refractivity contribution in [2.75, 3.05) is 44.2 Å². The van der Waals surface area contributed by atoms with Crippen molar-refractivity contribution in [3.8, 4) is 0 Å². The van der Waals surface area contributed by atoms with Crippen LogP contribution >= 0.6 is 0 Å². The zero-order valence-electron chi connectivity index (χ0n) is 19.6. The summed E-state index contributed by atoms with van der Waals surface area (Å²) in [6.45, 7) is 11.1. The predicted octanol–water partition coefficient (Wildman–Crippen LogP) is 4.43. The van der Waals surface area contributed by atoms with Crippen molar-refractivity contribution in [3.05, 3.63) is 23.9 Å². The Morgan fingerprint density at radius 1 is 0.968 bits per heavy atom. The highest BCUT2D eigenvalue weighted by atomic mass is 16.2. The average Bonchev–Trinajstić information content (AvgIpc) is 2.74. The van der Waals surface area contributed by atoms with Crippen molar-refractivity contribution in [1.29, 1.82) is 0 Å². The van der Waals surface area contributed by atoms with Crippen molar-refractivity contribution < 1.29 is 4.79 Å². The fourth-order valence-electron chi connectivity index (χ4n) is 6.54. The molecule has 5 heteroatoms. The van der Waals surface area contributed by atoms with Crippen LogP contribution in [0.4, 0.5) is 5.82 Å². The molecule has 1 saturated carbocycles. The Labute approximate surface area is 188 Å². The topological polar surface area (TPSA) is 39.7 Å². The van der Waals surface area contributed by atoms with E-state index < -0.39 is 0 Å². The van der Waals surface area contributed by atoms with Crippen LogP contribution in [0.1, 0.15) is 75.6 Å². The molecular weight excluding hydrogens is 384 g/mol. The lowest BCUT2D eigenvalue weighted by Crippen LogP contribution is -2.51. The van der Waals surface area contributed by atoms with Gasteiger partial charge in [0, 0.05) is 38.4 Å². The molecule has 3 aliphatic heterocycles. The molecule has 1 aromatic rings. The minimum atomic E-state index is 0.147. The Hall–Kier alpha value is -1.62. The van der Waals surface area contributed by atoms with Crippen LogP contribution in [0.5, 0.6) is 0 Å². The molecule has 1 amide bonds. The molecule has 2 unspecified atom stereocenters. The number of piperidine rings is 3. The second-order valence-electron chi connectivity index (χ2n) is 11.2. The van der Waals surface area contributed by atoms with Crippen LogP contribution in [0, 0.1) is 17.3 Å². The number of carbonyl (C=O) groups is 1. The van der Waals surface area contributed by atoms with Gasteiger partial charge in [-0.3, -0.25) is 4.79 Å². The molecule has 5 nitrogen and oxygen atoms in total. The molecule has 5 rings (SSSR count). The Balaban J connectivity index is 1.15. The largest absolute Gasteiger partial charge is 0.357 e. The van der Waals surface area contributed by atoms with Gasteiger partial charge in [0.2, 0.25) is 0 Å². The number of pyridine rings is 1. The monoisotopic (exact) mass is 424 g/mol. The third kappa shape index (κ3) is 4.48. The first-order valence-corrected chi connectivity index (χ1v) is 12.8. The summed E-state index contributed by atoms with van der Waals surface area (Å²) in [6.07, 6.45) is 12.7. The number of aromatic nitrogens is 1.